The molecular weight excluding hydrogens is 798 g/mol. The largest absolute Gasteiger partial charge is 0.0704 e. The molecule has 4 aliphatic rings. The van der Waals surface area contributed by atoms with E-state index in [9.17, 15) is 0 Å². The maximum Gasteiger partial charge on any atom is 0 e. The van der Waals surface area contributed by atoms with Crippen molar-refractivity contribution in [1.82, 2.24) is 0 Å². The number of rotatable bonds is 6. The summed E-state index contributed by atoms with van der Waals surface area (Å²) in [5.74, 6) is 2.23. The topological polar surface area (TPSA) is 0 Å². The first kappa shape index (κ1) is 34.5. The smallest absolute Gasteiger partial charge is 0 e. The van der Waals surface area contributed by atoms with E-state index >= 15 is 0 Å². The summed E-state index contributed by atoms with van der Waals surface area (Å²) in [5, 5.41) is 8.39. The van der Waals surface area contributed by atoms with Crippen molar-refractivity contribution in [2.24, 2.45) is 11.8 Å². The SMILES string of the molecule is C1C2=C3CC1CC(C2)C3.[Pt].c1ccc(P(c2ccccc2)c2ccccc2)cc1.c1ccc(P(c2ccccc2)c2ccccc2)cc1. The van der Waals surface area contributed by atoms with Crippen molar-refractivity contribution in [2.75, 3.05) is 0 Å². The number of allylic oxidation sites excluding steroid dienone is 2. The molecule has 48 heavy (non-hydrogen) atoms. The molecule has 0 radical (unpaired) electrons. The summed E-state index contributed by atoms with van der Waals surface area (Å²) >= 11 is 0. The van der Waals surface area contributed by atoms with E-state index in [0.29, 0.717) is 0 Å². The second-order valence-electron chi connectivity index (χ2n) is 12.7. The van der Waals surface area contributed by atoms with Crippen molar-refractivity contribution in [3.05, 3.63) is 193 Å². The van der Waals surface area contributed by atoms with Gasteiger partial charge in [-0.2, -0.15) is 0 Å². The zero-order valence-corrected chi connectivity index (χ0v) is 31.3. The van der Waals surface area contributed by atoms with Crippen molar-refractivity contribution in [2.45, 2.75) is 32.1 Å². The summed E-state index contributed by atoms with van der Waals surface area (Å²) in [7, 11) is -0.892. The molecule has 0 nitrogen and oxygen atoms in total. The normalized spacial score (nSPS) is 16.9. The molecule has 0 spiro atoms. The zero-order valence-electron chi connectivity index (χ0n) is 27.2. The van der Waals surface area contributed by atoms with Crippen molar-refractivity contribution in [1.29, 1.82) is 0 Å². The molecule has 0 N–H and O–H groups in total. The summed E-state index contributed by atoms with van der Waals surface area (Å²) in [5.41, 5.74) is 3.74. The molecule has 6 aromatic rings. The first-order valence-electron chi connectivity index (χ1n) is 16.9. The van der Waals surface area contributed by atoms with Crippen molar-refractivity contribution in [3.63, 3.8) is 0 Å². The molecule has 0 amide bonds. The average molecular weight is 840 g/mol. The number of hydrogen-bond donors (Lipinski definition) is 0. The minimum absolute atomic E-state index is 0. The van der Waals surface area contributed by atoms with Gasteiger partial charge < -0.3 is 0 Å². The van der Waals surface area contributed by atoms with Crippen LogP contribution in [-0.4, -0.2) is 0 Å². The molecule has 0 heterocycles. The van der Waals surface area contributed by atoms with Gasteiger partial charge in [-0.3, -0.25) is 0 Å². The Labute approximate surface area is 304 Å². The summed E-state index contributed by atoms with van der Waals surface area (Å²) in [6, 6.07) is 64.7. The van der Waals surface area contributed by atoms with Crippen molar-refractivity contribution in [3.8, 4) is 0 Å². The molecular formula is C45H42P2Pt. The minimum Gasteiger partial charge on any atom is -0.0704 e. The first-order valence-corrected chi connectivity index (χ1v) is 19.6. The van der Waals surface area contributed by atoms with Gasteiger partial charge in [-0.1, -0.05) is 193 Å². The van der Waals surface area contributed by atoms with E-state index < -0.39 is 15.8 Å². The van der Waals surface area contributed by atoms with Crippen LogP contribution < -0.4 is 31.8 Å². The van der Waals surface area contributed by atoms with Gasteiger partial charge in [-0.25, -0.2) is 0 Å². The zero-order chi connectivity index (χ0) is 31.7. The summed E-state index contributed by atoms with van der Waals surface area (Å²) in [4.78, 5) is 0. The number of benzene rings is 6. The summed E-state index contributed by atoms with van der Waals surface area (Å²) in [6.07, 6.45) is 7.53. The summed E-state index contributed by atoms with van der Waals surface area (Å²) < 4.78 is 0. The predicted octanol–water partition coefficient (Wildman–Crippen LogP) is 9.39. The molecule has 0 aromatic heterocycles. The van der Waals surface area contributed by atoms with Gasteiger partial charge in [0, 0.05) is 21.1 Å². The van der Waals surface area contributed by atoms with E-state index in [4.69, 9.17) is 0 Å². The van der Waals surface area contributed by atoms with Crippen LogP contribution in [0.1, 0.15) is 32.1 Å². The Morgan fingerprint density at radius 2 is 0.479 bits per heavy atom. The molecule has 242 valence electrons. The van der Waals surface area contributed by atoms with Gasteiger partial charge in [0.2, 0.25) is 0 Å². The Balaban J connectivity index is 0.000000131. The van der Waals surface area contributed by atoms with Gasteiger partial charge in [0.1, 0.15) is 0 Å². The fourth-order valence-electron chi connectivity index (χ4n) is 7.44. The van der Waals surface area contributed by atoms with Crippen LogP contribution >= 0.6 is 15.8 Å². The van der Waals surface area contributed by atoms with Gasteiger partial charge in [-0.05, 0) is 91.6 Å². The molecule has 0 unspecified atom stereocenters. The third-order valence-electron chi connectivity index (χ3n) is 9.39. The molecule has 2 saturated carbocycles. The quantitative estimate of drug-likeness (QED) is 0.116. The molecule has 10 rings (SSSR count). The molecule has 0 saturated heterocycles. The van der Waals surface area contributed by atoms with Crippen LogP contribution in [0.3, 0.4) is 0 Å². The van der Waals surface area contributed by atoms with Crippen LogP contribution in [0.5, 0.6) is 0 Å². The standard InChI is InChI=1S/2C18H15P.C9H12.Pt/c2*1-4-10-16(11-5-1)19(17-12-6-2-7-13-17)18-14-8-3-9-15-18;1-6-2-8-4-7(1)5-9(8)3-6;/h2*1-15H;6-7H,1-5H2;. The van der Waals surface area contributed by atoms with Gasteiger partial charge in [0.25, 0.3) is 0 Å². The average Bonchev–Trinajstić information content (AvgIpc) is 3.59. The second kappa shape index (κ2) is 17.3. The summed E-state index contributed by atoms with van der Waals surface area (Å²) in [6.45, 7) is 0. The van der Waals surface area contributed by atoms with E-state index in [1.165, 1.54) is 57.5 Å². The molecule has 0 atom stereocenters. The second-order valence-corrected chi connectivity index (χ2v) is 17.1. The minimum atomic E-state index is -0.446. The molecule has 4 aliphatic carbocycles. The predicted molar refractivity (Wildman–Crippen MR) is 207 cm³/mol. The van der Waals surface area contributed by atoms with Gasteiger partial charge in [0.05, 0.1) is 0 Å². The van der Waals surface area contributed by atoms with Gasteiger partial charge >= 0.3 is 0 Å². The first-order chi connectivity index (χ1) is 23.3. The van der Waals surface area contributed by atoms with Crippen LogP contribution in [-0.2, 0) is 21.1 Å². The van der Waals surface area contributed by atoms with Crippen LogP contribution in [0.15, 0.2) is 193 Å². The van der Waals surface area contributed by atoms with E-state index in [2.05, 4.69) is 182 Å². The van der Waals surface area contributed by atoms with E-state index in [1.54, 1.807) is 6.42 Å². The molecule has 0 aliphatic heterocycles. The monoisotopic (exact) mass is 839 g/mol. The molecule has 2 fully saturated rings. The van der Waals surface area contributed by atoms with Crippen LogP contribution in [0.25, 0.3) is 0 Å². The van der Waals surface area contributed by atoms with Crippen molar-refractivity contribution < 1.29 is 21.1 Å². The fraction of sp³-hybridized carbons (Fsp3) is 0.156. The van der Waals surface area contributed by atoms with Crippen LogP contribution in [0.2, 0.25) is 0 Å². The Bertz CT molecular complexity index is 1500. The Hall–Kier alpha value is -3.39. The van der Waals surface area contributed by atoms with E-state index in [-0.39, 0.29) is 21.1 Å². The number of hydrogen-bond acceptors (Lipinski definition) is 0. The molecule has 6 aromatic carbocycles. The van der Waals surface area contributed by atoms with Crippen LogP contribution in [0, 0.1) is 11.8 Å². The third kappa shape index (κ3) is 8.60. The van der Waals surface area contributed by atoms with Gasteiger partial charge in [-0.15, -0.1) is 0 Å². The van der Waals surface area contributed by atoms with E-state index in [0.717, 1.165) is 11.8 Å². The van der Waals surface area contributed by atoms with Crippen molar-refractivity contribution >= 4 is 47.7 Å². The maximum atomic E-state index is 2.23. The molecule has 4 bridgehead atoms. The van der Waals surface area contributed by atoms with Gasteiger partial charge in [0.15, 0.2) is 0 Å². The Morgan fingerprint density at radius 1 is 0.292 bits per heavy atom. The third-order valence-corrected chi connectivity index (χ3v) is 14.3. The molecule has 3 heteroatoms. The maximum absolute atomic E-state index is 2.23. The van der Waals surface area contributed by atoms with E-state index in [1.807, 2.05) is 11.1 Å². The fourth-order valence-corrected chi connectivity index (χ4v) is 12.1. The Morgan fingerprint density at radius 3 is 0.646 bits per heavy atom. The Kier molecular flexibility index (Phi) is 12.4. The van der Waals surface area contributed by atoms with Crippen LogP contribution in [0.4, 0.5) is 0 Å².